The lowest BCUT2D eigenvalue weighted by Gasteiger charge is -2.10. The first kappa shape index (κ1) is 108. The van der Waals surface area contributed by atoms with Gasteiger partial charge in [0.1, 0.15) is 29.1 Å². The number of nitrogens with two attached hydrogens (primary N) is 8. The number of para-hydroxylation sites is 2. The Bertz CT molecular complexity index is 7070. The highest BCUT2D eigenvalue weighted by atomic mass is 35.5. The molecule has 0 radical (unpaired) electrons. The second-order valence-corrected chi connectivity index (χ2v) is 34.8. The number of thiol groups is 1. The Morgan fingerprint density at radius 2 is 0.593 bits per heavy atom. The largest absolute Gasteiger partial charge is 0.399 e. The van der Waals surface area contributed by atoms with Crippen LogP contribution in [0, 0.1) is 20.2 Å². The van der Waals surface area contributed by atoms with Crippen LogP contribution in [0.5, 0.6) is 0 Å². The average molecular weight is 2060 g/mol. The molecule has 0 aliphatic rings. The monoisotopic (exact) mass is 2060 g/mol. The molecule has 0 aliphatic carbocycles. The van der Waals surface area contributed by atoms with Crippen molar-refractivity contribution < 1.29 is 29.0 Å². The molecule has 140 heavy (non-hydrogen) atoms. The van der Waals surface area contributed by atoms with Gasteiger partial charge in [-0.2, -0.15) is 0 Å². The summed E-state index contributed by atoms with van der Waals surface area (Å²) in [6.45, 7) is 0. The van der Waals surface area contributed by atoms with E-state index in [-0.39, 0.29) is 59.5 Å². The van der Waals surface area contributed by atoms with Crippen molar-refractivity contribution in [2.75, 3.05) is 67.1 Å². The van der Waals surface area contributed by atoms with Crippen LogP contribution in [-0.4, -0.2) is 67.7 Å². The van der Waals surface area contributed by atoms with E-state index in [1.165, 1.54) is 60.3 Å². The number of anilines is 13. The highest BCUT2D eigenvalue weighted by Gasteiger charge is 2.15. The molecular formula is C101H86Cl5N21O8S5. The van der Waals surface area contributed by atoms with Gasteiger partial charge in [0.25, 0.3) is 34.3 Å². The number of halogens is 5. The number of fused-ring (bicyclic) bond motifs is 2. The van der Waals surface area contributed by atoms with E-state index in [0.717, 1.165) is 105 Å². The third-order valence-corrected chi connectivity index (χ3v) is 23.4. The molecule has 0 bridgehead atoms. The Kier molecular flexibility index (Phi) is 42.8. The number of nitrogen functional groups attached to an aromatic ring is 8. The minimum Gasteiger partial charge on any atom is -0.399 e. The van der Waals surface area contributed by atoms with Crippen molar-refractivity contribution in [3.8, 4) is 0 Å². The SMILES string of the molecule is Cl.Cl.Clc1ccnc2ccccc12.Nc1cc(Cl)ccn1.Nc1cc(Sc2ccc(NC(=O)c3ccc(Nc4ccnc5ccccc45)cc3)cc2)ccn1.Nc1cc(Sc2ccc(NC(=O)c3ccc([N+](=O)[O-])cc3)cc2)ccn1.Nc1ccc(C(=O)Nc2ccc(Sc3ccnc(N)c3)cc2)cc1.Nc1ccc(S)cc1.Nc1ccc(Sc2ccnc(N)c2)cc1.O=C(Cl)c1ccc([N+](=O)[O-])cc1. The number of hydrogen-bond donors (Lipinski definition) is 13. The number of carbonyl (C=O) groups excluding carboxylic acids is 4. The first-order valence-corrected chi connectivity index (χ1v) is 45.7. The minimum atomic E-state index is -0.620. The second-order valence-electron chi connectivity index (χ2n) is 28.5. The molecule has 0 unspecified atom stereocenters. The normalized spacial score (nSPS) is 10.0. The van der Waals surface area contributed by atoms with Gasteiger partial charge in [0, 0.05) is 195 Å². The number of benzene rings is 11. The van der Waals surface area contributed by atoms with Gasteiger partial charge in [0.05, 0.1) is 25.9 Å². The maximum Gasteiger partial charge on any atom is 0.269 e. The number of aromatic nitrogens is 7. The summed E-state index contributed by atoms with van der Waals surface area (Å²) in [4.78, 5) is 105. The molecule has 20 N–H and O–H groups in total. The van der Waals surface area contributed by atoms with Crippen LogP contribution in [0.1, 0.15) is 41.4 Å². The number of amides is 3. The van der Waals surface area contributed by atoms with Crippen molar-refractivity contribution >= 4 is 250 Å². The van der Waals surface area contributed by atoms with Crippen LogP contribution in [-0.2, 0) is 0 Å². The van der Waals surface area contributed by atoms with Crippen LogP contribution in [0.2, 0.25) is 10.0 Å². The molecule has 7 heterocycles. The predicted molar refractivity (Wildman–Crippen MR) is 577 cm³/mol. The zero-order valence-electron chi connectivity index (χ0n) is 73.3. The van der Waals surface area contributed by atoms with Crippen LogP contribution in [0.25, 0.3) is 21.8 Å². The molecule has 29 nitrogen and oxygen atoms in total. The quantitative estimate of drug-likeness (QED) is 0.0118. The van der Waals surface area contributed by atoms with Gasteiger partial charge in [-0.3, -0.25) is 49.4 Å². The molecule has 39 heteroatoms. The van der Waals surface area contributed by atoms with Gasteiger partial charge in [-0.1, -0.05) is 107 Å². The van der Waals surface area contributed by atoms with E-state index in [4.69, 9.17) is 80.7 Å². The number of nitro benzene ring substituents is 2. The first-order valence-electron chi connectivity index (χ1n) is 40.9. The Balaban J connectivity index is 0.000000187. The molecule has 0 fully saturated rings. The van der Waals surface area contributed by atoms with E-state index < -0.39 is 15.1 Å². The number of nitro groups is 2. The summed E-state index contributed by atoms with van der Waals surface area (Å²) >= 11 is 27.0. The summed E-state index contributed by atoms with van der Waals surface area (Å²) in [5.74, 6) is 1.77. The Morgan fingerprint density at radius 1 is 0.307 bits per heavy atom. The van der Waals surface area contributed by atoms with Crippen molar-refractivity contribution in [2.24, 2.45) is 0 Å². The third kappa shape index (κ3) is 36.4. The number of nitrogens with one attached hydrogen (secondary N) is 4. The molecule has 3 amide bonds. The zero-order chi connectivity index (χ0) is 98.2. The number of pyridine rings is 7. The lowest BCUT2D eigenvalue weighted by atomic mass is 10.1. The summed E-state index contributed by atoms with van der Waals surface area (Å²) < 4.78 is 0. The van der Waals surface area contributed by atoms with Crippen LogP contribution < -0.4 is 67.1 Å². The van der Waals surface area contributed by atoms with E-state index in [9.17, 15) is 39.4 Å². The fourth-order valence-corrected chi connectivity index (χ4v) is 15.7. The van der Waals surface area contributed by atoms with Gasteiger partial charge in [-0.25, -0.2) is 24.9 Å². The third-order valence-electron chi connectivity index (χ3n) is 18.3. The fraction of sp³-hybridized carbons (Fsp3) is 0. The van der Waals surface area contributed by atoms with Gasteiger partial charge in [0.15, 0.2) is 0 Å². The molecule has 18 aromatic rings. The molecule has 0 aliphatic heterocycles. The summed E-state index contributed by atoms with van der Waals surface area (Å²) in [6, 6.07) is 100. The summed E-state index contributed by atoms with van der Waals surface area (Å²) in [6.07, 6.45) is 11.8. The molecule has 11 aromatic carbocycles. The molecule has 708 valence electrons. The Morgan fingerprint density at radius 3 is 0.921 bits per heavy atom. The van der Waals surface area contributed by atoms with Crippen LogP contribution in [0.3, 0.4) is 0 Å². The van der Waals surface area contributed by atoms with Gasteiger partial charge in [-0.15, -0.1) is 37.4 Å². The van der Waals surface area contributed by atoms with E-state index in [0.29, 0.717) is 62.2 Å². The molecule has 0 saturated heterocycles. The number of rotatable bonds is 19. The van der Waals surface area contributed by atoms with Crippen molar-refractivity contribution in [3.05, 3.63) is 436 Å². The standard InChI is InChI=1S/C27H21N5OS.C18H14N4O3S.C18H16N4OS.C11H11N3S.C9H6ClN.C7H4ClNO3.C6H7NS.C5H5ClN2.2ClH/c28-26-17-22(13-15-30-26)34-21-11-9-20(10-12-21)32-27(33)18-5-7-19(8-6-18)31-25-14-16-29-24-4-2-1-3-23(24)25;19-17-11-16(9-10-20-17)26-15-7-3-13(4-8-15)21-18(23)12-1-5-14(6-2-12)22(24)25;19-13-3-1-12(2-4-13)18(23)22-14-5-7-15(8-6-14)24-16-9-10-21-17(20)11-16;12-8-1-3-9(4-2-8)15-10-5-6-14-11(13)7-10;10-8-5-6-11-9-4-2-1-3-7(8)9;8-7(10)5-1-3-6(4-2-5)9(11)12;7-5-1-3-6(8)4-2-5;6-4-1-2-8-5(7)3-4;;/h1-17H,(H2,28,30)(H,29,31)(H,32,33);1-11H,(H2,19,20)(H,21,23);1-11H,19H2,(H2,20,21)(H,22,23);1-7H,12H2,(H2,13,14);1-6H;1-4H;1-4,8H,7H2;1-3H,(H2,7,8);2*1H. The topological polar surface area (TPSA) is 501 Å². The van der Waals surface area contributed by atoms with Gasteiger partial charge in [-0.05, 0) is 291 Å². The maximum absolute atomic E-state index is 12.7. The van der Waals surface area contributed by atoms with Crippen molar-refractivity contribution in [2.45, 2.75) is 44.1 Å². The molecule has 0 saturated carbocycles. The van der Waals surface area contributed by atoms with E-state index >= 15 is 0 Å². The molecule has 7 aromatic heterocycles. The number of hydrogen-bond acceptors (Lipinski definition) is 29. The van der Waals surface area contributed by atoms with E-state index in [1.54, 1.807) is 151 Å². The molecular weight excluding hydrogens is 1970 g/mol. The van der Waals surface area contributed by atoms with E-state index in [1.807, 2.05) is 218 Å². The second kappa shape index (κ2) is 55.5. The van der Waals surface area contributed by atoms with Crippen LogP contribution in [0.15, 0.2) is 427 Å². The maximum atomic E-state index is 12.7. The minimum absolute atomic E-state index is 0. The average Bonchev–Trinajstić information content (AvgIpc) is 0.817. The first-order chi connectivity index (χ1) is 66.5. The lowest BCUT2D eigenvalue weighted by molar-refractivity contribution is -0.385. The van der Waals surface area contributed by atoms with Crippen LogP contribution >= 0.6 is 119 Å². The molecule has 0 spiro atoms. The highest BCUT2D eigenvalue weighted by molar-refractivity contribution is 8.00. The van der Waals surface area contributed by atoms with Crippen molar-refractivity contribution in [1.29, 1.82) is 0 Å². The van der Waals surface area contributed by atoms with Crippen LogP contribution in [0.4, 0.5) is 86.0 Å². The number of carbonyl (C=O) groups is 4. The van der Waals surface area contributed by atoms with E-state index in [2.05, 4.69) is 68.8 Å². The summed E-state index contributed by atoms with van der Waals surface area (Å²) in [7, 11) is 0. The smallest absolute Gasteiger partial charge is 0.269 e. The zero-order valence-corrected chi connectivity index (χ0v) is 81.4. The number of nitrogens with zero attached hydrogens (tertiary/aromatic N) is 9. The number of non-ortho nitro benzene ring substituents is 2. The molecule has 0 atom stereocenters. The van der Waals surface area contributed by atoms with Gasteiger partial charge >= 0.3 is 0 Å². The van der Waals surface area contributed by atoms with Gasteiger partial charge in [0.2, 0.25) is 0 Å². The molecule has 18 rings (SSSR count). The Hall–Kier alpha value is -15.7. The Labute approximate surface area is 853 Å². The summed E-state index contributed by atoms with van der Waals surface area (Å²) in [5.41, 5.74) is 54.2. The van der Waals surface area contributed by atoms with Gasteiger partial charge < -0.3 is 67.1 Å². The highest BCUT2D eigenvalue weighted by Crippen LogP contribution is 2.35. The lowest BCUT2D eigenvalue weighted by Crippen LogP contribution is -2.11. The van der Waals surface area contributed by atoms with Crippen molar-refractivity contribution in [3.63, 3.8) is 0 Å². The summed E-state index contributed by atoms with van der Waals surface area (Å²) in [5, 5.41) is 35.6. The fourth-order valence-electron chi connectivity index (χ4n) is 11.6. The predicted octanol–water partition coefficient (Wildman–Crippen LogP) is 25.0. The van der Waals surface area contributed by atoms with Crippen molar-refractivity contribution in [1.82, 2.24) is 34.9 Å².